The van der Waals surface area contributed by atoms with Gasteiger partial charge in [0.15, 0.2) is 0 Å². The van der Waals surface area contributed by atoms with Gasteiger partial charge < -0.3 is 10.0 Å². The molecule has 1 aromatic rings. The highest BCUT2D eigenvalue weighted by atomic mass is 16.3. The molecule has 0 bridgehead atoms. The molecule has 1 atom stereocenters. The number of rotatable bonds is 5. The van der Waals surface area contributed by atoms with Crippen LogP contribution in [0, 0.1) is 5.92 Å². The van der Waals surface area contributed by atoms with Gasteiger partial charge in [0.05, 0.1) is 6.10 Å². The van der Waals surface area contributed by atoms with E-state index < -0.39 is 0 Å². The second-order valence-corrected chi connectivity index (χ2v) is 6.68. The van der Waals surface area contributed by atoms with Crippen molar-refractivity contribution in [3.05, 3.63) is 35.9 Å². The lowest BCUT2D eigenvalue weighted by Gasteiger charge is -2.36. The zero-order chi connectivity index (χ0) is 14.5. The molecule has 21 heavy (non-hydrogen) atoms. The Hall–Kier alpha value is -0.900. The number of hydrogen-bond donors (Lipinski definition) is 1. The topological polar surface area (TPSA) is 26.7 Å². The summed E-state index contributed by atoms with van der Waals surface area (Å²) in [5.41, 5.74) is 1.03. The van der Waals surface area contributed by atoms with Crippen molar-refractivity contribution in [2.75, 3.05) is 39.3 Å². The third-order valence-electron chi connectivity index (χ3n) is 5.07. The van der Waals surface area contributed by atoms with Crippen LogP contribution in [0.3, 0.4) is 0 Å². The van der Waals surface area contributed by atoms with Gasteiger partial charge in [0.1, 0.15) is 0 Å². The average molecular weight is 288 g/mol. The Morgan fingerprint density at radius 1 is 0.952 bits per heavy atom. The van der Waals surface area contributed by atoms with Crippen molar-refractivity contribution in [1.29, 1.82) is 0 Å². The highest BCUT2D eigenvalue weighted by molar-refractivity contribution is 5.17. The van der Waals surface area contributed by atoms with Gasteiger partial charge in [-0.05, 0) is 24.3 Å². The van der Waals surface area contributed by atoms with Crippen LogP contribution in [0.4, 0.5) is 0 Å². The molecule has 0 spiro atoms. The molecule has 1 heterocycles. The van der Waals surface area contributed by atoms with Crippen molar-refractivity contribution in [2.45, 2.75) is 31.8 Å². The SMILES string of the molecule is OC(CN1CCN(CC2CCCC2)CC1)c1ccccc1. The Kier molecular flexibility index (Phi) is 5.28. The van der Waals surface area contributed by atoms with Gasteiger partial charge in [-0.3, -0.25) is 4.90 Å². The molecule has 0 amide bonds. The summed E-state index contributed by atoms with van der Waals surface area (Å²) in [6.45, 7) is 6.58. The Bertz CT molecular complexity index is 408. The maximum absolute atomic E-state index is 10.3. The van der Waals surface area contributed by atoms with Crippen LogP contribution in [0.2, 0.25) is 0 Å². The standard InChI is InChI=1S/C18H28N2O/c21-18(17-8-2-1-3-9-17)15-20-12-10-19(11-13-20)14-16-6-4-5-7-16/h1-3,8-9,16,18,21H,4-7,10-15H2. The van der Waals surface area contributed by atoms with Gasteiger partial charge in [0.2, 0.25) is 0 Å². The predicted molar refractivity (Wildman–Crippen MR) is 86.2 cm³/mol. The fraction of sp³-hybridized carbons (Fsp3) is 0.667. The molecule has 1 unspecified atom stereocenters. The van der Waals surface area contributed by atoms with E-state index in [4.69, 9.17) is 0 Å². The van der Waals surface area contributed by atoms with Gasteiger partial charge >= 0.3 is 0 Å². The van der Waals surface area contributed by atoms with Crippen molar-refractivity contribution >= 4 is 0 Å². The minimum absolute atomic E-state index is 0.354. The Balaban J connectivity index is 1.41. The molecule has 3 nitrogen and oxygen atoms in total. The molecule has 1 aromatic carbocycles. The summed E-state index contributed by atoms with van der Waals surface area (Å²) in [4.78, 5) is 5.03. The Morgan fingerprint density at radius 3 is 2.24 bits per heavy atom. The van der Waals surface area contributed by atoms with Gasteiger partial charge in [0, 0.05) is 39.3 Å². The van der Waals surface area contributed by atoms with Gasteiger partial charge in [-0.25, -0.2) is 0 Å². The smallest absolute Gasteiger partial charge is 0.0916 e. The third kappa shape index (κ3) is 4.29. The summed E-state index contributed by atoms with van der Waals surface area (Å²) < 4.78 is 0. The molecule has 2 aliphatic rings. The number of nitrogens with zero attached hydrogens (tertiary/aromatic N) is 2. The fourth-order valence-corrected chi connectivity index (χ4v) is 3.74. The van der Waals surface area contributed by atoms with E-state index in [1.54, 1.807) is 0 Å². The van der Waals surface area contributed by atoms with Crippen molar-refractivity contribution in [1.82, 2.24) is 9.80 Å². The number of hydrogen-bond acceptors (Lipinski definition) is 3. The lowest BCUT2D eigenvalue weighted by Crippen LogP contribution is -2.48. The Morgan fingerprint density at radius 2 is 1.57 bits per heavy atom. The summed E-state index contributed by atoms with van der Waals surface area (Å²) in [6, 6.07) is 10.0. The fourth-order valence-electron chi connectivity index (χ4n) is 3.74. The number of piperazine rings is 1. The number of aliphatic hydroxyl groups excluding tert-OH is 1. The molecule has 0 aromatic heterocycles. The first-order valence-electron chi connectivity index (χ1n) is 8.49. The molecule has 1 saturated heterocycles. The van der Waals surface area contributed by atoms with Crippen LogP contribution >= 0.6 is 0 Å². The monoisotopic (exact) mass is 288 g/mol. The van der Waals surface area contributed by atoms with Crippen molar-refractivity contribution < 1.29 is 5.11 Å². The minimum Gasteiger partial charge on any atom is -0.387 e. The second-order valence-electron chi connectivity index (χ2n) is 6.68. The molecule has 1 aliphatic carbocycles. The lowest BCUT2D eigenvalue weighted by atomic mass is 10.1. The van der Waals surface area contributed by atoms with Gasteiger partial charge in [-0.15, -0.1) is 0 Å². The van der Waals surface area contributed by atoms with E-state index in [9.17, 15) is 5.11 Å². The lowest BCUT2D eigenvalue weighted by molar-refractivity contribution is 0.0672. The van der Waals surface area contributed by atoms with Gasteiger partial charge in [-0.2, -0.15) is 0 Å². The van der Waals surface area contributed by atoms with E-state index in [1.807, 2.05) is 30.3 Å². The van der Waals surface area contributed by atoms with Crippen LogP contribution in [0.15, 0.2) is 30.3 Å². The van der Waals surface area contributed by atoms with Crippen molar-refractivity contribution in [2.24, 2.45) is 5.92 Å². The predicted octanol–water partition coefficient (Wildman–Crippen LogP) is 2.53. The van der Waals surface area contributed by atoms with E-state index >= 15 is 0 Å². The first-order valence-corrected chi connectivity index (χ1v) is 8.49. The normalized spacial score (nSPS) is 23.5. The van der Waals surface area contributed by atoms with Crippen LogP contribution in [0.5, 0.6) is 0 Å². The maximum atomic E-state index is 10.3. The van der Waals surface area contributed by atoms with E-state index in [1.165, 1.54) is 32.2 Å². The van der Waals surface area contributed by atoms with E-state index in [0.29, 0.717) is 0 Å². The number of aliphatic hydroxyl groups is 1. The van der Waals surface area contributed by atoms with Crippen LogP contribution in [-0.2, 0) is 0 Å². The maximum Gasteiger partial charge on any atom is 0.0916 e. The number of benzene rings is 1. The third-order valence-corrected chi connectivity index (χ3v) is 5.07. The first-order chi connectivity index (χ1) is 10.3. The molecule has 3 rings (SSSR count). The van der Waals surface area contributed by atoms with Crippen LogP contribution in [0.25, 0.3) is 0 Å². The average Bonchev–Trinajstić information content (AvgIpc) is 3.03. The van der Waals surface area contributed by atoms with Crippen molar-refractivity contribution in [3.8, 4) is 0 Å². The molecule has 116 valence electrons. The van der Waals surface area contributed by atoms with E-state index in [0.717, 1.165) is 44.2 Å². The molecule has 1 saturated carbocycles. The van der Waals surface area contributed by atoms with Gasteiger partial charge in [0.25, 0.3) is 0 Å². The van der Waals surface area contributed by atoms with Gasteiger partial charge in [-0.1, -0.05) is 43.2 Å². The quantitative estimate of drug-likeness (QED) is 0.902. The summed E-state index contributed by atoms with van der Waals surface area (Å²) in [5, 5.41) is 10.3. The Labute approximate surface area is 128 Å². The van der Waals surface area contributed by atoms with E-state index in [2.05, 4.69) is 9.80 Å². The molecule has 3 heteroatoms. The largest absolute Gasteiger partial charge is 0.387 e. The highest BCUT2D eigenvalue weighted by Gasteiger charge is 2.23. The zero-order valence-electron chi connectivity index (χ0n) is 13.0. The summed E-state index contributed by atoms with van der Waals surface area (Å²) >= 11 is 0. The first kappa shape index (κ1) is 15.0. The molecule has 2 fully saturated rings. The molecule has 1 aliphatic heterocycles. The summed E-state index contributed by atoms with van der Waals surface area (Å²) in [5.74, 6) is 0.950. The van der Waals surface area contributed by atoms with Crippen LogP contribution in [0.1, 0.15) is 37.4 Å². The molecule has 0 radical (unpaired) electrons. The summed E-state index contributed by atoms with van der Waals surface area (Å²) in [6.07, 6.45) is 5.40. The minimum atomic E-state index is -0.354. The zero-order valence-corrected chi connectivity index (χ0v) is 13.0. The second kappa shape index (κ2) is 7.39. The molecular weight excluding hydrogens is 260 g/mol. The summed E-state index contributed by atoms with van der Waals surface area (Å²) in [7, 11) is 0. The van der Waals surface area contributed by atoms with Crippen LogP contribution < -0.4 is 0 Å². The van der Waals surface area contributed by atoms with Crippen molar-refractivity contribution in [3.63, 3.8) is 0 Å². The van der Waals surface area contributed by atoms with E-state index in [-0.39, 0.29) is 6.10 Å². The molecular formula is C18H28N2O. The highest BCUT2D eigenvalue weighted by Crippen LogP contribution is 2.26. The molecule has 1 N–H and O–H groups in total. The number of β-amino-alcohol motifs (C(OH)–C–C–N with tert-alkyl or cyclic N) is 1. The van der Waals surface area contributed by atoms with Crippen LogP contribution in [-0.4, -0.2) is 54.2 Å².